The summed E-state index contributed by atoms with van der Waals surface area (Å²) >= 11 is 1.65. The second-order valence-electron chi connectivity index (χ2n) is 4.64. The third-order valence-corrected chi connectivity index (χ3v) is 4.13. The molecule has 2 aromatic rings. The molecule has 0 aliphatic rings. The lowest BCUT2D eigenvalue weighted by molar-refractivity contribution is 0.778. The van der Waals surface area contributed by atoms with Crippen LogP contribution in [0.25, 0.3) is 0 Å². The molecule has 1 atom stereocenters. The van der Waals surface area contributed by atoms with Crippen LogP contribution in [0.4, 0.5) is 17.8 Å². The van der Waals surface area contributed by atoms with Crippen molar-refractivity contribution >= 4 is 29.2 Å². The molecule has 0 fully saturated rings. The molecular formula is C13H21N7S. The lowest BCUT2D eigenvalue weighted by atomic mass is 10.2. The summed E-state index contributed by atoms with van der Waals surface area (Å²) in [4.78, 5) is 19.1. The smallest absolute Gasteiger partial charge is 0.231 e. The summed E-state index contributed by atoms with van der Waals surface area (Å²) in [6, 6.07) is 0. The molecule has 3 N–H and O–H groups in total. The van der Waals surface area contributed by atoms with Crippen molar-refractivity contribution < 1.29 is 0 Å². The molecule has 0 aliphatic carbocycles. The van der Waals surface area contributed by atoms with E-state index in [1.165, 1.54) is 0 Å². The number of nitrogens with zero attached hydrogens (tertiary/aromatic N) is 5. The van der Waals surface area contributed by atoms with Gasteiger partial charge in [-0.1, -0.05) is 6.92 Å². The fourth-order valence-electron chi connectivity index (χ4n) is 1.92. The Bertz CT molecular complexity index is 554. The van der Waals surface area contributed by atoms with Gasteiger partial charge in [0.2, 0.25) is 17.8 Å². The van der Waals surface area contributed by atoms with Gasteiger partial charge in [0.1, 0.15) is 0 Å². The molecule has 0 radical (unpaired) electrons. The Morgan fingerprint density at radius 2 is 2.05 bits per heavy atom. The normalized spacial score (nSPS) is 12.1. The molecule has 7 nitrogen and oxygen atoms in total. The van der Waals surface area contributed by atoms with Crippen LogP contribution in [0.3, 0.4) is 0 Å². The molecule has 0 aliphatic heterocycles. The van der Waals surface area contributed by atoms with Crippen molar-refractivity contribution in [2.75, 3.05) is 35.6 Å². The highest BCUT2D eigenvalue weighted by molar-refractivity contribution is 7.09. The Labute approximate surface area is 128 Å². The lowest BCUT2D eigenvalue weighted by Crippen LogP contribution is -2.25. The van der Waals surface area contributed by atoms with Crippen molar-refractivity contribution in [1.82, 2.24) is 19.9 Å². The van der Waals surface area contributed by atoms with Gasteiger partial charge < -0.3 is 16.0 Å². The molecule has 1 unspecified atom stereocenters. The van der Waals surface area contributed by atoms with E-state index in [1.807, 2.05) is 16.5 Å². The molecule has 2 rings (SSSR count). The molecular weight excluding hydrogens is 286 g/mol. The van der Waals surface area contributed by atoms with E-state index < -0.39 is 0 Å². The molecule has 0 spiro atoms. The number of aromatic nitrogens is 4. The first kappa shape index (κ1) is 15.4. The Morgan fingerprint density at radius 1 is 1.29 bits per heavy atom. The van der Waals surface area contributed by atoms with Gasteiger partial charge in [-0.05, 0) is 13.8 Å². The number of rotatable bonds is 7. The average molecular weight is 307 g/mol. The zero-order chi connectivity index (χ0) is 15.2. The zero-order valence-corrected chi connectivity index (χ0v) is 13.4. The topological polar surface area (TPSA) is 92.9 Å². The highest BCUT2D eigenvalue weighted by atomic mass is 32.1. The minimum Gasteiger partial charge on any atom is -0.368 e. The molecule has 8 heteroatoms. The molecule has 0 saturated heterocycles. The molecule has 114 valence electrons. The Kier molecular flexibility index (Phi) is 5.26. The van der Waals surface area contributed by atoms with Crippen LogP contribution in [0.5, 0.6) is 0 Å². The number of nitrogens with two attached hydrogens (primary N) is 1. The van der Waals surface area contributed by atoms with Gasteiger partial charge in [-0.3, -0.25) is 0 Å². The largest absolute Gasteiger partial charge is 0.368 e. The maximum absolute atomic E-state index is 5.77. The molecule has 0 saturated carbocycles. The number of nitrogens with one attached hydrogen (secondary N) is 1. The van der Waals surface area contributed by atoms with Crippen molar-refractivity contribution in [3.63, 3.8) is 0 Å². The average Bonchev–Trinajstić information content (AvgIpc) is 3.00. The van der Waals surface area contributed by atoms with E-state index in [9.17, 15) is 0 Å². The predicted octanol–water partition coefficient (Wildman–Crippen LogP) is 1.97. The third-order valence-electron chi connectivity index (χ3n) is 3.13. The second kappa shape index (κ2) is 7.16. The van der Waals surface area contributed by atoms with E-state index in [2.05, 4.69) is 46.0 Å². The molecule has 0 amide bonds. The van der Waals surface area contributed by atoms with E-state index in [0.29, 0.717) is 24.4 Å². The van der Waals surface area contributed by atoms with Crippen molar-refractivity contribution in [2.24, 2.45) is 0 Å². The molecule has 0 aromatic carbocycles. The second-order valence-corrected chi connectivity index (χ2v) is 5.57. The Balaban J connectivity index is 2.06. The van der Waals surface area contributed by atoms with Gasteiger partial charge in [0, 0.05) is 37.1 Å². The highest BCUT2D eigenvalue weighted by Crippen LogP contribution is 2.18. The van der Waals surface area contributed by atoms with Crippen LogP contribution in [0.2, 0.25) is 0 Å². The first-order valence-corrected chi connectivity index (χ1v) is 7.91. The Hall–Kier alpha value is -1.96. The first-order valence-electron chi connectivity index (χ1n) is 7.03. The van der Waals surface area contributed by atoms with Crippen LogP contribution < -0.4 is 16.0 Å². The maximum Gasteiger partial charge on any atom is 0.231 e. The highest BCUT2D eigenvalue weighted by Gasteiger charge is 2.12. The van der Waals surface area contributed by atoms with Crippen LogP contribution in [0.1, 0.15) is 31.7 Å². The lowest BCUT2D eigenvalue weighted by Gasteiger charge is -2.19. The SMILES string of the molecule is CCN(CC)c1nc(N)nc(NCC(C)c2nccs2)n1. The number of hydrogen-bond donors (Lipinski definition) is 2. The van der Waals surface area contributed by atoms with Gasteiger partial charge in [0.15, 0.2) is 0 Å². The fourth-order valence-corrected chi connectivity index (χ4v) is 2.62. The van der Waals surface area contributed by atoms with E-state index in [-0.39, 0.29) is 5.95 Å². The van der Waals surface area contributed by atoms with Gasteiger partial charge in [-0.25, -0.2) is 4.98 Å². The number of nitrogen functional groups attached to an aromatic ring is 1. The number of thiazole rings is 1. The summed E-state index contributed by atoms with van der Waals surface area (Å²) < 4.78 is 0. The molecule has 0 bridgehead atoms. The summed E-state index contributed by atoms with van der Waals surface area (Å²) in [6.07, 6.45) is 1.82. The van der Waals surface area contributed by atoms with Crippen LogP contribution in [0, 0.1) is 0 Å². The predicted molar refractivity (Wildman–Crippen MR) is 86.8 cm³/mol. The molecule has 2 heterocycles. The van der Waals surface area contributed by atoms with Gasteiger partial charge in [-0.2, -0.15) is 15.0 Å². The minimum absolute atomic E-state index is 0.233. The Morgan fingerprint density at radius 3 is 2.67 bits per heavy atom. The van der Waals surface area contributed by atoms with Crippen LogP contribution >= 0.6 is 11.3 Å². The number of anilines is 3. The summed E-state index contributed by atoms with van der Waals surface area (Å²) in [7, 11) is 0. The maximum atomic E-state index is 5.77. The van der Waals surface area contributed by atoms with Crippen LogP contribution in [-0.4, -0.2) is 39.6 Å². The van der Waals surface area contributed by atoms with Crippen molar-refractivity contribution in [2.45, 2.75) is 26.7 Å². The fraction of sp³-hybridized carbons (Fsp3) is 0.538. The standard InChI is InChI=1S/C13H21N7S/c1-4-20(5-2)13-18-11(14)17-12(19-13)16-8-9(3)10-15-6-7-21-10/h6-7,9H,4-5,8H2,1-3H3,(H3,14,16,17,18,19). The van der Waals surface area contributed by atoms with E-state index in [0.717, 1.165) is 18.1 Å². The monoisotopic (exact) mass is 307 g/mol. The summed E-state index contributed by atoms with van der Waals surface area (Å²) in [5.74, 6) is 1.64. The van der Waals surface area contributed by atoms with Gasteiger partial charge in [-0.15, -0.1) is 11.3 Å². The molecule has 21 heavy (non-hydrogen) atoms. The number of hydrogen-bond acceptors (Lipinski definition) is 8. The van der Waals surface area contributed by atoms with Crippen molar-refractivity contribution in [3.05, 3.63) is 16.6 Å². The summed E-state index contributed by atoms with van der Waals surface area (Å²) in [6.45, 7) is 8.59. The summed E-state index contributed by atoms with van der Waals surface area (Å²) in [5.41, 5.74) is 5.77. The van der Waals surface area contributed by atoms with Gasteiger partial charge >= 0.3 is 0 Å². The summed E-state index contributed by atoms with van der Waals surface area (Å²) in [5, 5.41) is 6.28. The third kappa shape index (κ3) is 4.01. The zero-order valence-electron chi connectivity index (χ0n) is 12.6. The van der Waals surface area contributed by atoms with E-state index in [4.69, 9.17) is 5.73 Å². The molecule has 2 aromatic heterocycles. The van der Waals surface area contributed by atoms with Crippen molar-refractivity contribution in [1.29, 1.82) is 0 Å². The quantitative estimate of drug-likeness (QED) is 0.807. The van der Waals surface area contributed by atoms with Crippen LogP contribution in [0.15, 0.2) is 11.6 Å². The van der Waals surface area contributed by atoms with Gasteiger partial charge in [0.25, 0.3) is 0 Å². The van der Waals surface area contributed by atoms with E-state index in [1.54, 1.807) is 11.3 Å². The van der Waals surface area contributed by atoms with Gasteiger partial charge in [0.05, 0.1) is 5.01 Å². The van der Waals surface area contributed by atoms with Crippen LogP contribution in [-0.2, 0) is 0 Å². The first-order chi connectivity index (χ1) is 10.1. The minimum atomic E-state index is 0.233. The van der Waals surface area contributed by atoms with E-state index >= 15 is 0 Å². The van der Waals surface area contributed by atoms with Crippen molar-refractivity contribution in [3.8, 4) is 0 Å².